The molecule has 5 heteroatoms. The van der Waals surface area contributed by atoms with E-state index in [-0.39, 0.29) is 17.6 Å². The SMILES string of the molecule is CCCCC(C(=O)C(C)NC)C(=O)C(C)(NC)NC. The number of hydrogen-bond donors (Lipinski definition) is 3. The molecule has 2 unspecified atom stereocenters. The van der Waals surface area contributed by atoms with E-state index in [2.05, 4.69) is 22.9 Å². The first-order valence-corrected chi connectivity index (χ1v) is 7.01. The second-order valence-electron chi connectivity index (χ2n) is 5.10. The largest absolute Gasteiger partial charge is 0.311 e. The molecule has 0 aliphatic carbocycles. The number of likely N-dealkylation sites (N-methyl/N-ethyl adjacent to an activating group) is 3. The Morgan fingerprint density at radius 3 is 2.05 bits per heavy atom. The highest BCUT2D eigenvalue weighted by molar-refractivity contribution is 6.07. The van der Waals surface area contributed by atoms with Gasteiger partial charge in [0, 0.05) is 0 Å². The topological polar surface area (TPSA) is 70.2 Å². The van der Waals surface area contributed by atoms with Gasteiger partial charge >= 0.3 is 0 Å². The van der Waals surface area contributed by atoms with E-state index in [0.717, 1.165) is 12.8 Å². The van der Waals surface area contributed by atoms with Crippen LogP contribution in [0.4, 0.5) is 0 Å². The number of nitrogens with one attached hydrogen (secondary N) is 3. The van der Waals surface area contributed by atoms with Gasteiger partial charge in [-0.2, -0.15) is 0 Å². The third kappa shape index (κ3) is 4.67. The van der Waals surface area contributed by atoms with Gasteiger partial charge in [0.2, 0.25) is 0 Å². The van der Waals surface area contributed by atoms with Crippen LogP contribution in [0.5, 0.6) is 0 Å². The molecule has 19 heavy (non-hydrogen) atoms. The molecule has 0 aromatic carbocycles. The summed E-state index contributed by atoms with van der Waals surface area (Å²) in [7, 11) is 5.17. The summed E-state index contributed by atoms with van der Waals surface area (Å²) in [6, 6.07) is -0.302. The lowest BCUT2D eigenvalue weighted by atomic mass is 9.84. The van der Waals surface area contributed by atoms with Gasteiger partial charge in [-0.15, -0.1) is 0 Å². The van der Waals surface area contributed by atoms with Crippen molar-refractivity contribution in [1.29, 1.82) is 0 Å². The van der Waals surface area contributed by atoms with Crippen molar-refractivity contribution < 1.29 is 9.59 Å². The molecule has 3 N–H and O–H groups in total. The predicted octanol–water partition coefficient (Wildman–Crippen LogP) is 0.694. The summed E-state index contributed by atoms with van der Waals surface area (Å²) in [5, 5.41) is 8.85. The van der Waals surface area contributed by atoms with E-state index >= 15 is 0 Å². The van der Waals surface area contributed by atoms with Gasteiger partial charge in [-0.3, -0.25) is 20.2 Å². The molecular weight excluding hydrogens is 242 g/mol. The Labute approximate surface area is 116 Å². The highest BCUT2D eigenvalue weighted by Gasteiger charge is 2.39. The quantitative estimate of drug-likeness (QED) is 0.403. The Bertz CT molecular complexity index is 301. The summed E-state index contributed by atoms with van der Waals surface area (Å²) in [6.45, 7) is 5.62. The lowest BCUT2D eigenvalue weighted by Crippen LogP contribution is -2.61. The third-order valence-electron chi connectivity index (χ3n) is 3.86. The molecule has 2 atom stereocenters. The zero-order chi connectivity index (χ0) is 15.1. The molecule has 0 saturated heterocycles. The number of Topliss-reactive ketones (excluding diaryl/α,β-unsaturated/α-hetero) is 2. The Balaban J connectivity index is 5.13. The maximum absolute atomic E-state index is 12.6. The monoisotopic (exact) mass is 271 g/mol. The molecular formula is C14H29N3O2. The van der Waals surface area contributed by atoms with E-state index in [1.807, 2.05) is 0 Å². The smallest absolute Gasteiger partial charge is 0.177 e. The number of hydrogen-bond acceptors (Lipinski definition) is 5. The molecule has 0 heterocycles. The van der Waals surface area contributed by atoms with Crippen molar-refractivity contribution >= 4 is 11.6 Å². The van der Waals surface area contributed by atoms with Gasteiger partial charge in [-0.05, 0) is 41.4 Å². The minimum Gasteiger partial charge on any atom is -0.311 e. The molecule has 0 fully saturated rings. The third-order valence-corrected chi connectivity index (χ3v) is 3.86. The fourth-order valence-electron chi connectivity index (χ4n) is 1.97. The van der Waals surface area contributed by atoms with E-state index < -0.39 is 11.6 Å². The van der Waals surface area contributed by atoms with Gasteiger partial charge in [-0.1, -0.05) is 19.8 Å². The van der Waals surface area contributed by atoms with E-state index in [1.165, 1.54) is 0 Å². The number of carbonyl (C=O) groups is 2. The zero-order valence-corrected chi connectivity index (χ0v) is 13.1. The van der Waals surface area contributed by atoms with Gasteiger partial charge in [0.15, 0.2) is 11.6 Å². The molecule has 0 aliphatic heterocycles. The first-order valence-electron chi connectivity index (χ1n) is 7.01. The summed E-state index contributed by atoms with van der Waals surface area (Å²) < 4.78 is 0. The van der Waals surface area contributed by atoms with Gasteiger partial charge in [0.1, 0.15) is 5.66 Å². The Hall–Kier alpha value is -0.780. The van der Waals surface area contributed by atoms with Crippen molar-refractivity contribution in [3.8, 4) is 0 Å². The fourth-order valence-corrected chi connectivity index (χ4v) is 1.97. The Kier molecular flexibility index (Phi) is 8.06. The van der Waals surface area contributed by atoms with Crippen molar-refractivity contribution in [2.24, 2.45) is 5.92 Å². The van der Waals surface area contributed by atoms with Crippen LogP contribution in [0.1, 0.15) is 40.0 Å². The van der Waals surface area contributed by atoms with Crippen molar-refractivity contribution in [2.45, 2.75) is 51.7 Å². The van der Waals surface area contributed by atoms with Crippen molar-refractivity contribution in [2.75, 3.05) is 21.1 Å². The zero-order valence-electron chi connectivity index (χ0n) is 13.1. The molecule has 0 bridgehead atoms. The number of ketones is 2. The van der Waals surface area contributed by atoms with Gasteiger partial charge < -0.3 is 5.32 Å². The lowest BCUT2D eigenvalue weighted by Gasteiger charge is -2.31. The summed E-state index contributed by atoms with van der Waals surface area (Å²) in [5.41, 5.74) is -0.860. The Morgan fingerprint density at radius 1 is 1.16 bits per heavy atom. The van der Waals surface area contributed by atoms with E-state index in [9.17, 15) is 9.59 Å². The van der Waals surface area contributed by atoms with Crippen LogP contribution in [0.25, 0.3) is 0 Å². The predicted molar refractivity (Wildman–Crippen MR) is 78.1 cm³/mol. The molecule has 0 aromatic rings. The van der Waals surface area contributed by atoms with Crippen molar-refractivity contribution in [1.82, 2.24) is 16.0 Å². The maximum Gasteiger partial charge on any atom is 0.177 e. The first kappa shape index (κ1) is 18.2. The van der Waals surface area contributed by atoms with Crippen LogP contribution in [0, 0.1) is 5.92 Å². The maximum atomic E-state index is 12.6. The van der Waals surface area contributed by atoms with Crippen LogP contribution in [0.2, 0.25) is 0 Å². The molecule has 112 valence electrons. The molecule has 5 nitrogen and oxygen atoms in total. The standard InChI is InChI=1S/C14H29N3O2/c1-7-8-9-11(12(18)10(2)15-4)13(19)14(3,16-5)17-6/h10-11,15-17H,7-9H2,1-6H3. The van der Waals surface area contributed by atoms with E-state index in [0.29, 0.717) is 6.42 Å². The first-order chi connectivity index (χ1) is 8.87. The fraction of sp³-hybridized carbons (Fsp3) is 0.857. The van der Waals surface area contributed by atoms with Crippen molar-refractivity contribution in [3.05, 3.63) is 0 Å². The molecule has 0 aliphatic rings. The second kappa shape index (κ2) is 8.40. The van der Waals surface area contributed by atoms with Crippen LogP contribution in [0.3, 0.4) is 0 Å². The highest BCUT2D eigenvalue weighted by Crippen LogP contribution is 2.18. The van der Waals surface area contributed by atoms with Crippen LogP contribution in [-0.2, 0) is 9.59 Å². The highest BCUT2D eigenvalue weighted by atomic mass is 16.2. The molecule has 0 amide bonds. The van der Waals surface area contributed by atoms with Crippen LogP contribution < -0.4 is 16.0 Å². The van der Waals surface area contributed by atoms with Gasteiger partial charge in [-0.25, -0.2) is 0 Å². The van der Waals surface area contributed by atoms with Gasteiger partial charge in [0.25, 0.3) is 0 Å². The number of rotatable bonds is 10. The molecule has 0 saturated carbocycles. The second-order valence-corrected chi connectivity index (χ2v) is 5.10. The van der Waals surface area contributed by atoms with Gasteiger partial charge in [0.05, 0.1) is 12.0 Å². The number of carbonyl (C=O) groups excluding carboxylic acids is 2. The van der Waals surface area contributed by atoms with Crippen molar-refractivity contribution in [3.63, 3.8) is 0 Å². The summed E-state index contributed by atoms with van der Waals surface area (Å²) in [4.78, 5) is 25.0. The molecule has 0 radical (unpaired) electrons. The average Bonchev–Trinajstić information content (AvgIpc) is 2.45. The van der Waals surface area contributed by atoms with Crippen LogP contribution in [0.15, 0.2) is 0 Å². The summed E-state index contributed by atoms with van der Waals surface area (Å²) >= 11 is 0. The Morgan fingerprint density at radius 2 is 1.68 bits per heavy atom. The van der Waals surface area contributed by atoms with E-state index in [1.54, 1.807) is 35.0 Å². The molecule has 0 spiro atoms. The minimum absolute atomic E-state index is 0.0299. The normalized spacial score (nSPS) is 15.1. The lowest BCUT2D eigenvalue weighted by molar-refractivity contribution is -0.138. The summed E-state index contributed by atoms with van der Waals surface area (Å²) in [6.07, 6.45) is 2.46. The summed E-state index contributed by atoms with van der Waals surface area (Å²) in [5.74, 6) is -0.678. The molecule has 0 aromatic heterocycles. The minimum atomic E-state index is -0.860. The average molecular weight is 271 g/mol. The molecule has 0 rings (SSSR count). The number of unbranched alkanes of at least 4 members (excludes halogenated alkanes) is 1. The van der Waals surface area contributed by atoms with Crippen LogP contribution >= 0.6 is 0 Å². The van der Waals surface area contributed by atoms with E-state index in [4.69, 9.17) is 0 Å². The van der Waals surface area contributed by atoms with Crippen LogP contribution in [-0.4, -0.2) is 44.4 Å².